The van der Waals surface area contributed by atoms with Crippen LogP contribution in [0.4, 0.5) is 5.69 Å². The molecule has 0 bridgehead atoms. The first-order chi connectivity index (χ1) is 9.56. The van der Waals surface area contributed by atoms with E-state index in [1.165, 1.54) is 39.2 Å². The maximum Gasteiger partial charge on any atom is 0.255 e. The highest BCUT2D eigenvalue weighted by Gasteiger charge is 2.27. The van der Waals surface area contributed by atoms with Gasteiger partial charge in [-0.15, -0.1) is 0 Å². The monoisotopic (exact) mass is 276 g/mol. The van der Waals surface area contributed by atoms with E-state index in [4.69, 9.17) is 10.5 Å². The van der Waals surface area contributed by atoms with Crippen molar-refractivity contribution in [2.45, 2.75) is 39.0 Å². The molecule has 1 saturated carbocycles. The predicted molar refractivity (Wildman–Crippen MR) is 80.9 cm³/mol. The third-order valence-corrected chi connectivity index (χ3v) is 4.23. The fourth-order valence-electron chi connectivity index (χ4n) is 2.93. The van der Waals surface area contributed by atoms with Gasteiger partial charge >= 0.3 is 0 Å². The Bertz CT molecular complexity index is 479. The lowest BCUT2D eigenvalue weighted by Crippen LogP contribution is -2.37. The average molecular weight is 276 g/mol. The smallest absolute Gasteiger partial charge is 0.255 e. The van der Waals surface area contributed by atoms with E-state index >= 15 is 0 Å². The maximum absolute atomic E-state index is 12.3. The molecule has 0 heterocycles. The highest BCUT2D eigenvalue weighted by molar-refractivity contribution is 5.98. The molecular formula is C16H24N2O2. The molecule has 0 saturated heterocycles. The Labute approximate surface area is 120 Å². The van der Waals surface area contributed by atoms with Crippen molar-refractivity contribution in [3.05, 3.63) is 23.8 Å². The number of hydrogen-bond donors (Lipinski definition) is 2. The molecule has 4 heteroatoms. The van der Waals surface area contributed by atoms with Crippen LogP contribution in [0.25, 0.3) is 0 Å². The second kappa shape index (κ2) is 6.16. The largest absolute Gasteiger partial charge is 0.494 e. The average Bonchev–Trinajstić information content (AvgIpc) is 2.45. The van der Waals surface area contributed by atoms with E-state index in [9.17, 15) is 4.79 Å². The number of carbonyl (C=O) groups excluding carboxylic acids is 1. The van der Waals surface area contributed by atoms with Crippen LogP contribution in [0, 0.1) is 5.41 Å². The molecule has 1 aliphatic rings. The summed E-state index contributed by atoms with van der Waals surface area (Å²) in [4.78, 5) is 12.3. The van der Waals surface area contributed by atoms with Crippen LogP contribution in [0.15, 0.2) is 18.2 Å². The Morgan fingerprint density at radius 1 is 1.35 bits per heavy atom. The molecule has 0 unspecified atom stereocenters. The molecule has 0 aromatic heterocycles. The number of nitrogen functional groups attached to an aromatic ring is 1. The van der Waals surface area contributed by atoms with Gasteiger partial charge in [-0.3, -0.25) is 4.79 Å². The third-order valence-electron chi connectivity index (χ3n) is 4.23. The van der Waals surface area contributed by atoms with E-state index in [2.05, 4.69) is 12.2 Å². The minimum absolute atomic E-state index is 0.110. The molecule has 0 aliphatic heterocycles. The van der Waals surface area contributed by atoms with E-state index in [0.717, 1.165) is 0 Å². The first-order valence-electron chi connectivity index (χ1n) is 7.26. The number of hydrogen-bond acceptors (Lipinski definition) is 3. The zero-order chi connectivity index (χ0) is 14.6. The number of para-hydroxylation sites is 1. The molecule has 1 fully saturated rings. The van der Waals surface area contributed by atoms with Gasteiger partial charge in [0.2, 0.25) is 0 Å². The second-order valence-electron chi connectivity index (χ2n) is 5.98. The van der Waals surface area contributed by atoms with Crippen LogP contribution in [-0.4, -0.2) is 19.6 Å². The van der Waals surface area contributed by atoms with Crippen LogP contribution in [-0.2, 0) is 0 Å². The van der Waals surface area contributed by atoms with Crippen molar-refractivity contribution in [1.82, 2.24) is 5.32 Å². The number of nitrogens with one attached hydrogen (secondary N) is 1. The number of nitrogens with two attached hydrogens (primary N) is 1. The van der Waals surface area contributed by atoms with Crippen LogP contribution in [0.2, 0.25) is 0 Å². The topological polar surface area (TPSA) is 64.3 Å². The molecule has 0 radical (unpaired) electrons. The summed E-state index contributed by atoms with van der Waals surface area (Å²) in [5.74, 6) is 0.347. The minimum atomic E-state index is -0.110. The summed E-state index contributed by atoms with van der Waals surface area (Å²) in [5, 5.41) is 3.04. The van der Waals surface area contributed by atoms with Crippen LogP contribution in [0.1, 0.15) is 49.4 Å². The molecule has 1 aromatic carbocycles. The number of benzene rings is 1. The van der Waals surface area contributed by atoms with Crippen molar-refractivity contribution in [3.8, 4) is 5.75 Å². The summed E-state index contributed by atoms with van der Waals surface area (Å²) in [6.07, 6.45) is 6.19. The summed E-state index contributed by atoms with van der Waals surface area (Å²) in [6, 6.07) is 5.25. The molecule has 1 amide bonds. The zero-order valence-corrected chi connectivity index (χ0v) is 12.4. The van der Waals surface area contributed by atoms with Crippen molar-refractivity contribution in [3.63, 3.8) is 0 Å². The lowest BCUT2D eigenvalue weighted by molar-refractivity contribution is 0.0916. The fraction of sp³-hybridized carbons (Fsp3) is 0.562. The van der Waals surface area contributed by atoms with Gasteiger partial charge in [0.15, 0.2) is 5.75 Å². The number of amides is 1. The summed E-state index contributed by atoms with van der Waals surface area (Å²) < 4.78 is 5.23. The fourth-order valence-corrected chi connectivity index (χ4v) is 2.93. The quantitative estimate of drug-likeness (QED) is 0.831. The maximum atomic E-state index is 12.3. The van der Waals surface area contributed by atoms with E-state index in [1.807, 2.05) is 0 Å². The van der Waals surface area contributed by atoms with Crippen LogP contribution in [0.3, 0.4) is 0 Å². The van der Waals surface area contributed by atoms with Crippen LogP contribution >= 0.6 is 0 Å². The van der Waals surface area contributed by atoms with Gasteiger partial charge < -0.3 is 15.8 Å². The predicted octanol–water partition coefficient (Wildman–Crippen LogP) is 2.98. The van der Waals surface area contributed by atoms with Crippen LogP contribution < -0.4 is 15.8 Å². The first-order valence-corrected chi connectivity index (χ1v) is 7.26. The first kappa shape index (κ1) is 14.7. The highest BCUT2D eigenvalue weighted by atomic mass is 16.5. The van der Waals surface area contributed by atoms with E-state index in [-0.39, 0.29) is 11.3 Å². The van der Waals surface area contributed by atoms with Gasteiger partial charge in [-0.1, -0.05) is 32.3 Å². The highest BCUT2D eigenvalue weighted by Crippen LogP contribution is 2.35. The van der Waals surface area contributed by atoms with Gasteiger partial charge in [-0.25, -0.2) is 0 Å². The number of anilines is 1. The Hall–Kier alpha value is -1.71. The number of methoxy groups -OCH3 is 1. The Kier molecular flexibility index (Phi) is 4.53. The van der Waals surface area contributed by atoms with Gasteiger partial charge in [0, 0.05) is 6.54 Å². The van der Waals surface area contributed by atoms with E-state index < -0.39 is 0 Å². The van der Waals surface area contributed by atoms with Gasteiger partial charge in [0.25, 0.3) is 5.91 Å². The zero-order valence-electron chi connectivity index (χ0n) is 12.4. The van der Waals surface area contributed by atoms with Gasteiger partial charge in [-0.2, -0.15) is 0 Å². The molecule has 1 aliphatic carbocycles. The summed E-state index contributed by atoms with van der Waals surface area (Å²) in [5.41, 5.74) is 7.05. The molecular weight excluding hydrogens is 252 g/mol. The van der Waals surface area contributed by atoms with Crippen molar-refractivity contribution in [2.24, 2.45) is 5.41 Å². The normalized spacial score (nSPS) is 17.5. The Morgan fingerprint density at radius 3 is 2.70 bits per heavy atom. The number of rotatable bonds is 4. The summed E-state index contributed by atoms with van der Waals surface area (Å²) >= 11 is 0. The van der Waals surface area contributed by atoms with E-state index in [0.29, 0.717) is 23.5 Å². The second-order valence-corrected chi connectivity index (χ2v) is 5.98. The van der Waals surface area contributed by atoms with Crippen molar-refractivity contribution in [2.75, 3.05) is 19.4 Å². The molecule has 1 aromatic rings. The summed E-state index contributed by atoms with van der Waals surface area (Å²) in [6.45, 7) is 2.97. The van der Waals surface area contributed by atoms with Crippen molar-refractivity contribution >= 4 is 11.6 Å². The van der Waals surface area contributed by atoms with E-state index in [1.54, 1.807) is 18.2 Å². The molecule has 110 valence electrons. The SMILES string of the molecule is COc1c(N)cccc1C(=O)NCC1(C)CCCCC1. The van der Waals surface area contributed by atoms with Gasteiger partial charge in [-0.05, 0) is 30.4 Å². The lowest BCUT2D eigenvalue weighted by atomic mass is 9.76. The Morgan fingerprint density at radius 2 is 2.05 bits per heavy atom. The standard InChI is InChI=1S/C16H24N2O2/c1-16(9-4-3-5-10-16)11-18-15(19)12-7-6-8-13(17)14(12)20-2/h6-8H,3-5,9-11,17H2,1-2H3,(H,18,19). The Balaban J connectivity index is 2.03. The summed E-state index contributed by atoms with van der Waals surface area (Å²) in [7, 11) is 1.53. The van der Waals surface area contributed by atoms with Crippen LogP contribution in [0.5, 0.6) is 5.75 Å². The minimum Gasteiger partial charge on any atom is -0.494 e. The lowest BCUT2D eigenvalue weighted by Gasteiger charge is -2.33. The van der Waals surface area contributed by atoms with Gasteiger partial charge in [0.05, 0.1) is 18.4 Å². The molecule has 4 nitrogen and oxygen atoms in total. The molecule has 3 N–H and O–H groups in total. The van der Waals surface area contributed by atoms with Gasteiger partial charge in [0.1, 0.15) is 0 Å². The molecule has 0 spiro atoms. The molecule has 2 rings (SSSR count). The van der Waals surface area contributed by atoms with Crippen molar-refractivity contribution in [1.29, 1.82) is 0 Å². The third kappa shape index (κ3) is 3.24. The molecule has 0 atom stereocenters. The van der Waals surface area contributed by atoms with Crippen molar-refractivity contribution < 1.29 is 9.53 Å². The number of carbonyl (C=O) groups is 1. The number of ether oxygens (including phenoxy) is 1. The molecule has 20 heavy (non-hydrogen) atoms.